The second-order valence-electron chi connectivity index (χ2n) is 10.6. The molecule has 3 fully saturated rings. The number of hydrogen-bond acceptors (Lipinski definition) is 16. The van der Waals surface area contributed by atoms with E-state index in [-0.39, 0.29) is 32.2 Å². The van der Waals surface area contributed by atoms with Gasteiger partial charge in [0, 0.05) is 19.3 Å². The molecule has 14 atom stereocenters. The number of ether oxygens (including phenoxy) is 4. The fourth-order valence-corrected chi connectivity index (χ4v) is 5.24. The molecule has 2 saturated heterocycles. The highest BCUT2D eigenvalue weighted by molar-refractivity contribution is 5.80. The van der Waals surface area contributed by atoms with E-state index in [0.717, 1.165) is 0 Å². The maximum absolute atomic E-state index is 12.6. The van der Waals surface area contributed by atoms with E-state index in [0.29, 0.717) is 19.4 Å². The fourth-order valence-electron chi connectivity index (χ4n) is 5.24. The molecule has 40 heavy (non-hydrogen) atoms. The minimum Gasteiger partial charge on any atom is -0.394 e. The van der Waals surface area contributed by atoms with E-state index in [1.165, 1.54) is 0 Å². The van der Waals surface area contributed by atoms with Gasteiger partial charge in [0.1, 0.15) is 42.7 Å². The molecule has 1 saturated carbocycles. The lowest BCUT2D eigenvalue weighted by Gasteiger charge is -2.48. The summed E-state index contributed by atoms with van der Waals surface area (Å²) >= 11 is 0. The molecule has 0 radical (unpaired) electrons. The van der Waals surface area contributed by atoms with E-state index in [1.807, 2.05) is 0 Å². The van der Waals surface area contributed by atoms with Crippen LogP contribution < -0.4 is 39.3 Å². The lowest BCUT2D eigenvalue weighted by Crippen LogP contribution is -2.69. The number of carbonyl (C=O) groups excluding carboxylic acids is 1. The van der Waals surface area contributed by atoms with Gasteiger partial charge in [-0.3, -0.25) is 4.79 Å². The molecule has 3 rings (SSSR count). The third kappa shape index (κ3) is 8.03. The van der Waals surface area contributed by atoms with Crippen molar-refractivity contribution in [3.63, 3.8) is 0 Å². The monoisotopic (exact) mass is 581 g/mol. The standard InChI is InChI=1S/C23H47N7O10/c24-4-3-13(32)21(36)30-12-5-11(27)19(39-22-10(26)2-1-9(37-22)6-29-8-25)18(35)20(12)40-23-17(34)15(28)16(33)14(7-31)38-23/h9-20,22-23,29,31-35H,1-8,24-28H2,(H,30,36)/t9?,10?,11-,12+,13-,14?,15-,16+,17?,18?,19?,20-,22+,23+/m0/s1. The van der Waals surface area contributed by atoms with Crippen molar-refractivity contribution < 1.29 is 49.3 Å². The zero-order chi connectivity index (χ0) is 29.6. The molecule has 0 aromatic carbocycles. The summed E-state index contributed by atoms with van der Waals surface area (Å²) in [5.74, 6) is -0.763. The predicted molar refractivity (Wildman–Crippen MR) is 139 cm³/mol. The van der Waals surface area contributed by atoms with Crippen LogP contribution in [0.4, 0.5) is 0 Å². The summed E-state index contributed by atoms with van der Waals surface area (Å²) in [4.78, 5) is 12.6. The Hall–Kier alpha value is -1.13. The Morgan fingerprint density at radius 3 is 2.30 bits per heavy atom. The number of hydrogen-bond donors (Lipinski definition) is 12. The third-order valence-electron chi connectivity index (χ3n) is 7.62. The van der Waals surface area contributed by atoms with Crippen LogP contribution in [0.1, 0.15) is 25.7 Å². The summed E-state index contributed by atoms with van der Waals surface area (Å²) in [5.41, 5.74) is 29.5. The van der Waals surface area contributed by atoms with Crippen molar-refractivity contribution in [1.29, 1.82) is 0 Å². The van der Waals surface area contributed by atoms with E-state index in [4.69, 9.17) is 47.6 Å². The number of nitrogens with two attached hydrogens (primary N) is 5. The second kappa shape index (κ2) is 15.4. The molecular weight excluding hydrogens is 534 g/mol. The van der Waals surface area contributed by atoms with Crippen LogP contribution in [0.15, 0.2) is 0 Å². The fraction of sp³-hybridized carbons (Fsp3) is 0.957. The van der Waals surface area contributed by atoms with E-state index in [2.05, 4.69) is 10.6 Å². The van der Waals surface area contributed by atoms with Crippen LogP contribution in [0, 0.1) is 0 Å². The Kier molecular flexibility index (Phi) is 12.8. The molecule has 17 heteroatoms. The van der Waals surface area contributed by atoms with Crippen molar-refractivity contribution in [2.45, 2.75) is 111 Å². The van der Waals surface area contributed by atoms with Gasteiger partial charge in [0.15, 0.2) is 12.6 Å². The van der Waals surface area contributed by atoms with Crippen molar-refractivity contribution in [3.8, 4) is 0 Å². The molecule has 2 heterocycles. The van der Waals surface area contributed by atoms with Crippen molar-refractivity contribution in [3.05, 3.63) is 0 Å². The minimum atomic E-state index is -1.55. The summed E-state index contributed by atoms with van der Waals surface area (Å²) in [6.07, 6.45) is -10.8. The van der Waals surface area contributed by atoms with Gasteiger partial charge >= 0.3 is 0 Å². The van der Waals surface area contributed by atoms with Crippen LogP contribution in [0.25, 0.3) is 0 Å². The first-order valence-electron chi connectivity index (χ1n) is 13.6. The van der Waals surface area contributed by atoms with Gasteiger partial charge in [0.05, 0.1) is 30.8 Å². The molecule has 1 aliphatic carbocycles. The van der Waals surface area contributed by atoms with Gasteiger partial charge in [0.25, 0.3) is 0 Å². The maximum atomic E-state index is 12.6. The smallest absolute Gasteiger partial charge is 0.249 e. The van der Waals surface area contributed by atoms with Crippen LogP contribution in [0.3, 0.4) is 0 Å². The van der Waals surface area contributed by atoms with E-state index in [1.54, 1.807) is 0 Å². The van der Waals surface area contributed by atoms with Crippen molar-refractivity contribution in [2.75, 3.05) is 26.4 Å². The molecule has 3 aliphatic rings. The molecule has 0 spiro atoms. The lowest BCUT2D eigenvalue weighted by molar-refractivity contribution is -0.314. The number of aliphatic hydroxyl groups is 5. The van der Waals surface area contributed by atoms with Gasteiger partial charge in [-0.1, -0.05) is 0 Å². The van der Waals surface area contributed by atoms with Crippen LogP contribution in [0.5, 0.6) is 0 Å². The zero-order valence-electron chi connectivity index (χ0n) is 22.4. The molecule has 0 bridgehead atoms. The molecular formula is C23H47N7O10. The van der Waals surface area contributed by atoms with Crippen LogP contribution in [0.2, 0.25) is 0 Å². The molecule has 2 aliphatic heterocycles. The van der Waals surface area contributed by atoms with E-state index >= 15 is 0 Å². The predicted octanol–water partition coefficient (Wildman–Crippen LogP) is -6.85. The van der Waals surface area contributed by atoms with Crippen LogP contribution in [-0.2, 0) is 23.7 Å². The van der Waals surface area contributed by atoms with Gasteiger partial charge in [-0.15, -0.1) is 0 Å². The Morgan fingerprint density at radius 1 is 0.950 bits per heavy atom. The maximum Gasteiger partial charge on any atom is 0.249 e. The number of carbonyl (C=O) groups is 1. The number of rotatable bonds is 12. The first-order valence-corrected chi connectivity index (χ1v) is 13.6. The Morgan fingerprint density at radius 2 is 1.65 bits per heavy atom. The first-order chi connectivity index (χ1) is 19.0. The minimum absolute atomic E-state index is 0.00310. The molecule has 0 aromatic heterocycles. The van der Waals surface area contributed by atoms with E-state index in [9.17, 15) is 30.3 Å². The summed E-state index contributed by atoms with van der Waals surface area (Å²) in [7, 11) is 0. The van der Waals surface area contributed by atoms with Gasteiger partial charge in [-0.2, -0.15) is 0 Å². The van der Waals surface area contributed by atoms with Crippen molar-refractivity contribution in [1.82, 2.24) is 10.6 Å². The molecule has 1 amide bonds. The zero-order valence-corrected chi connectivity index (χ0v) is 22.4. The highest BCUT2D eigenvalue weighted by Gasteiger charge is 2.51. The molecule has 17 nitrogen and oxygen atoms in total. The summed E-state index contributed by atoms with van der Waals surface area (Å²) in [5, 5.41) is 57.6. The average Bonchev–Trinajstić information content (AvgIpc) is 2.93. The highest BCUT2D eigenvalue weighted by atomic mass is 16.7. The molecule has 6 unspecified atom stereocenters. The van der Waals surface area contributed by atoms with Crippen molar-refractivity contribution in [2.24, 2.45) is 28.7 Å². The van der Waals surface area contributed by atoms with Gasteiger partial charge in [0.2, 0.25) is 5.91 Å². The third-order valence-corrected chi connectivity index (χ3v) is 7.62. The largest absolute Gasteiger partial charge is 0.394 e. The van der Waals surface area contributed by atoms with Gasteiger partial charge in [-0.25, -0.2) is 0 Å². The second-order valence-corrected chi connectivity index (χ2v) is 10.6. The van der Waals surface area contributed by atoms with Crippen LogP contribution >= 0.6 is 0 Å². The summed E-state index contributed by atoms with van der Waals surface area (Å²) < 4.78 is 23.6. The quantitative estimate of drug-likeness (QED) is 0.0952. The normalized spacial score (nSPS) is 43.3. The topological polar surface area (TPSA) is 309 Å². The Balaban J connectivity index is 1.80. The molecule has 17 N–H and O–H groups in total. The van der Waals surface area contributed by atoms with Gasteiger partial charge < -0.3 is 83.8 Å². The number of aliphatic hydroxyl groups excluding tert-OH is 5. The molecule has 234 valence electrons. The number of amides is 1. The van der Waals surface area contributed by atoms with Crippen molar-refractivity contribution >= 4 is 5.91 Å². The molecule has 0 aromatic rings. The first kappa shape index (κ1) is 33.4. The number of nitrogens with one attached hydrogen (secondary N) is 2. The van der Waals surface area contributed by atoms with Gasteiger partial charge in [-0.05, 0) is 32.2 Å². The van der Waals surface area contributed by atoms with E-state index < -0.39 is 92.0 Å². The summed E-state index contributed by atoms with van der Waals surface area (Å²) in [6, 6.07) is -3.56. The Bertz CT molecular complexity index is 786. The highest BCUT2D eigenvalue weighted by Crippen LogP contribution is 2.31. The summed E-state index contributed by atoms with van der Waals surface area (Å²) in [6.45, 7) is 0.185. The Labute approximate surface area is 232 Å². The lowest BCUT2D eigenvalue weighted by atomic mass is 9.83. The van der Waals surface area contributed by atoms with Crippen LogP contribution in [-0.4, -0.2) is 143 Å². The SMILES string of the molecule is NCC[C@H](O)C(=O)N[C@@H]1C[C@H](N)C(O[C@H]2OC(CNCN)CCC2N)C(O)[C@H]1O[C@H]1OC(CO)[C@@H](O)[C@H](N)C1O. The average molecular weight is 582 g/mol.